The van der Waals surface area contributed by atoms with E-state index in [1.807, 2.05) is 0 Å². The van der Waals surface area contributed by atoms with Gasteiger partial charge in [0.2, 0.25) is 0 Å². The van der Waals surface area contributed by atoms with Crippen molar-refractivity contribution in [1.82, 2.24) is 0 Å². The summed E-state index contributed by atoms with van der Waals surface area (Å²) in [5.74, 6) is 0.00775. The minimum absolute atomic E-state index is 0.0436. The number of benzene rings is 2. The van der Waals surface area contributed by atoms with Crippen LogP contribution >= 0.6 is 0 Å². The largest absolute Gasteiger partial charge is 0.508 e. The van der Waals surface area contributed by atoms with Crippen molar-refractivity contribution in [3.8, 4) is 17.2 Å². The fourth-order valence-electron chi connectivity index (χ4n) is 2.29. The first kappa shape index (κ1) is 14.7. The maximum absolute atomic E-state index is 12.2. The van der Waals surface area contributed by atoms with Crippen molar-refractivity contribution in [3.63, 3.8) is 0 Å². The first-order valence-electron chi connectivity index (χ1n) is 6.92. The number of fused-ring (bicyclic) bond motifs is 1. The van der Waals surface area contributed by atoms with Crippen LogP contribution in [-0.4, -0.2) is 15.3 Å². The van der Waals surface area contributed by atoms with Gasteiger partial charge in [0.15, 0.2) is 5.43 Å². The predicted molar refractivity (Wildman–Crippen MR) is 87.6 cm³/mol. The molecule has 0 fully saturated rings. The van der Waals surface area contributed by atoms with Crippen LogP contribution in [0.15, 0.2) is 45.6 Å². The Kier molecular flexibility index (Phi) is 3.54. The smallest absolute Gasteiger partial charge is 0.197 e. The van der Waals surface area contributed by atoms with Gasteiger partial charge in [-0.25, -0.2) is 0 Å². The maximum Gasteiger partial charge on any atom is 0.197 e. The molecule has 0 radical (unpaired) electrons. The number of hydrogen-bond acceptors (Lipinski definition) is 5. The van der Waals surface area contributed by atoms with Gasteiger partial charge in [0, 0.05) is 17.7 Å². The highest BCUT2D eigenvalue weighted by Gasteiger charge is 2.14. The van der Waals surface area contributed by atoms with E-state index in [0.717, 1.165) is 11.6 Å². The van der Waals surface area contributed by atoms with Crippen molar-refractivity contribution in [3.05, 3.63) is 63.5 Å². The average Bonchev–Trinajstić information content (AvgIpc) is 2.51. The summed E-state index contributed by atoms with van der Waals surface area (Å²) in [6.45, 7) is 1.60. The molecule has 1 aromatic heterocycles. The van der Waals surface area contributed by atoms with Gasteiger partial charge in [-0.3, -0.25) is 4.79 Å². The van der Waals surface area contributed by atoms with Gasteiger partial charge in [0.05, 0.1) is 0 Å². The number of aromatic hydroxyl groups is 3. The molecule has 0 aliphatic rings. The summed E-state index contributed by atoms with van der Waals surface area (Å²) >= 11 is 0. The van der Waals surface area contributed by atoms with E-state index in [2.05, 4.69) is 0 Å². The number of hydrogen-bond donors (Lipinski definition) is 3. The van der Waals surface area contributed by atoms with Crippen LogP contribution in [0.5, 0.6) is 17.2 Å². The molecule has 0 aliphatic carbocycles. The maximum atomic E-state index is 12.2. The van der Waals surface area contributed by atoms with Gasteiger partial charge >= 0.3 is 0 Å². The molecular weight excluding hydrogens is 296 g/mol. The van der Waals surface area contributed by atoms with Crippen LogP contribution in [0.3, 0.4) is 0 Å². The Morgan fingerprint density at radius 1 is 0.957 bits per heavy atom. The fraction of sp³-hybridized carbons (Fsp3) is 0.0556. The van der Waals surface area contributed by atoms with Crippen molar-refractivity contribution in [1.29, 1.82) is 0 Å². The summed E-state index contributed by atoms with van der Waals surface area (Å²) in [6.07, 6.45) is 3.33. The van der Waals surface area contributed by atoms with Gasteiger partial charge in [0.25, 0.3) is 0 Å². The number of phenols is 3. The second kappa shape index (κ2) is 5.53. The Balaban J connectivity index is 2.11. The van der Waals surface area contributed by atoms with E-state index in [0.29, 0.717) is 11.3 Å². The minimum Gasteiger partial charge on any atom is -0.508 e. The Morgan fingerprint density at radius 2 is 1.65 bits per heavy atom. The molecular formula is C18H14O5. The molecule has 0 bridgehead atoms. The molecule has 5 nitrogen and oxygen atoms in total. The van der Waals surface area contributed by atoms with Gasteiger partial charge in [0.1, 0.15) is 34.0 Å². The molecule has 5 heteroatoms. The zero-order valence-electron chi connectivity index (χ0n) is 12.3. The zero-order chi connectivity index (χ0) is 16.6. The Morgan fingerprint density at radius 3 is 2.35 bits per heavy atom. The fourth-order valence-corrected chi connectivity index (χ4v) is 2.29. The first-order chi connectivity index (χ1) is 11.0. The SMILES string of the molecule is Cc1c(O)cc(O)c2c(=O)cc(/C=C/c3ccc(O)cc3)oc12. The molecule has 0 saturated carbocycles. The van der Waals surface area contributed by atoms with Crippen LogP contribution in [0, 0.1) is 6.92 Å². The number of aryl methyl sites for hydroxylation is 1. The lowest BCUT2D eigenvalue weighted by atomic mass is 10.1. The van der Waals surface area contributed by atoms with Gasteiger partial charge in [-0.05, 0) is 30.7 Å². The second-order valence-corrected chi connectivity index (χ2v) is 5.18. The first-order valence-corrected chi connectivity index (χ1v) is 6.92. The van der Waals surface area contributed by atoms with Crippen LogP contribution in [0.2, 0.25) is 0 Å². The van der Waals surface area contributed by atoms with Crippen molar-refractivity contribution in [2.75, 3.05) is 0 Å². The summed E-state index contributed by atoms with van der Waals surface area (Å²) < 4.78 is 5.62. The quantitative estimate of drug-likeness (QED) is 0.675. The highest BCUT2D eigenvalue weighted by Crippen LogP contribution is 2.32. The molecule has 3 aromatic rings. The second-order valence-electron chi connectivity index (χ2n) is 5.18. The van der Waals surface area contributed by atoms with E-state index in [9.17, 15) is 20.1 Å². The Bertz CT molecular complexity index is 965. The molecule has 0 atom stereocenters. The Labute approximate surface area is 131 Å². The molecule has 3 rings (SSSR count). The Hall–Kier alpha value is -3.21. The average molecular weight is 310 g/mol. The van der Waals surface area contributed by atoms with E-state index in [1.54, 1.807) is 43.3 Å². The lowest BCUT2D eigenvalue weighted by Gasteiger charge is -2.06. The molecule has 116 valence electrons. The van der Waals surface area contributed by atoms with E-state index < -0.39 is 5.43 Å². The zero-order valence-corrected chi connectivity index (χ0v) is 12.3. The predicted octanol–water partition coefficient (Wildman–Crippen LogP) is 3.39. The molecule has 0 amide bonds. The third-order valence-electron chi connectivity index (χ3n) is 3.55. The van der Waals surface area contributed by atoms with Gasteiger partial charge in [-0.2, -0.15) is 0 Å². The summed E-state index contributed by atoms with van der Waals surface area (Å²) in [4.78, 5) is 12.2. The third-order valence-corrected chi connectivity index (χ3v) is 3.55. The van der Waals surface area contributed by atoms with Crippen LogP contribution in [-0.2, 0) is 0 Å². The molecule has 0 saturated heterocycles. The molecule has 0 spiro atoms. The van der Waals surface area contributed by atoms with E-state index in [-0.39, 0.29) is 28.2 Å². The number of rotatable bonds is 2. The molecule has 0 unspecified atom stereocenters. The minimum atomic E-state index is -0.391. The highest BCUT2D eigenvalue weighted by atomic mass is 16.3. The van der Waals surface area contributed by atoms with Crippen LogP contribution in [0.25, 0.3) is 23.1 Å². The summed E-state index contributed by atoms with van der Waals surface area (Å²) in [6, 6.07) is 8.94. The molecule has 2 aromatic carbocycles. The lowest BCUT2D eigenvalue weighted by Crippen LogP contribution is -2.01. The summed E-state index contributed by atoms with van der Waals surface area (Å²) in [5, 5.41) is 28.9. The summed E-state index contributed by atoms with van der Waals surface area (Å²) in [7, 11) is 0. The van der Waals surface area contributed by atoms with Crippen molar-refractivity contribution >= 4 is 23.1 Å². The van der Waals surface area contributed by atoms with Gasteiger partial charge in [-0.15, -0.1) is 0 Å². The third kappa shape index (κ3) is 2.76. The molecule has 23 heavy (non-hydrogen) atoms. The standard InChI is InChI=1S/C18H14O5/c1-10-14(20)9-16(22)17-15(21)8-13(23-18(10)17)7-4-11-2-5-12(19)6-3-11/h2-9,19-20,22H,1H3/b7-4+. The van der Waals surface area contributed by atoms with E-state index >= 15 is 0 Å². The van der Waals surface area contributed by atoms with Crippen molar-refractivity contribution < 1.29 is 19.7 Å². The van der Waals surface area contributed by atoms with Crippen LogP contribution < -0.4 is 5.43 Å². The van der Waals surface area contributed by atoms with Gasteiger partial charge < -0.3 is 19.7 Å². The van der Waals surface area contributed by atoms with E-state index in [4.69, 9.17) is 4.42 Å². The lowest BCUT2D eigenvalue weighted by molar-refractivity contribution is 0.448. The van der Waals surface area contributed by atoms with Gasteiger partial charge in [-0.1, -0.05) is 18.2 Å². The number of phenolic OH excluding ortho intramolecular Hbond substituents is 3. The molecule has 1 heterocycles. The monoisotopic (exact) mass is 310 g/mol. The normalized spacial score (nSPS) is 11.3. The van der Waals surface area contributed by atoms with Crippen molar-refractivity contribution in [2.24, 2.45) is 0 Å². The summed E-state index contributed by atoms with van der Waals surface area (Å²) in [5.41, 5.74) is 0.966. The van der Waals surface area contributed by atoms with Crippen LogP contribution in [0.4, 0.5) is 0 Å². The van der Waals surface area contributed by atoms with Crippen LogP contribution in [0.1, 0.15) is 16.9 Å². The van der Waals surface area contributed by atoms with Crippen molar-refractivity contribution in [2.45, 2.75) is 6.92 Å². The molecule has 0 aliphatic heterocycles. The highest BCUT2D eigenvalue weighted by molar-refractivity contribution is 5.88. The molecule has 3 N–H and O–H groups in total. The topological polar surface area (TPSA) is 90.9 Å². The van der Waals surface area contributed by atoms with E-state index in [1.165, 1.54) is 6.07 Å².